The molecule has 0 unspecified atom stereocenters. The molecule has 0 spiro atoms. The molecule has 2 N–H and O–H groups in total. The zero-order valence-electron chi connectivity index (χ0n) is 12.6. The lowest BCUT2D eigenvalue weighted by atomic mass is 10.1. The van der Waals surface area contributed by atoms with Gasteiger partial charge in [-0.05, 0) is 30.5 Å². The summed E-state index contributed by atoms with van der Waals surface area (Å²) in [5.74, 6) is 1.78. The highest BCUT2D eigenvalue weighted by atomic mass is 16.5. The van der Waals surface area contributed by atoms with E-state index in [9.17, 15) is 0 Å². The molecular weight excluding hydrogens is 264 g/mol. The first kappa shape index (κ1) is 15.4. The molecule has 5 heteroatoms. The molecule has 0 aliphatic carbocycles. The van der Waals surface area contributed by atoms with Crippen molar-refractivity contribution in [2.75, 3.05) is 6.61 Å². The van der Waals surface area contributed by atoms with Crippen LogP contribution in [0.5, 0.6) is 5.75 Å². The fourth-order valence-corrected chi connectivity index (χ4v) is 1.97. The SMILES string of the molecule is CC(C)c1ncc(OCCCc2ccncc2)c(CN)n1. The average Bonchev–Trinajstić information content (AvgIpc) is 2.52. The molecule has 5 nitrogen and oxygen atoms in total. The van der Waals surface area contributed by atoms with Crippen molar-refractivity contribution in [3.05, 3.63) is 47.8 Å². The number of aryl methyl sites for hydroxylation is 1. The summed E-state index contributed by atoms with van der Waals surface area (Å²) in [4.78, 5) is 12.8. The number of hydrogen-bond acceptors (Lipinski definition) is 5. The minimum Gasteiger partial charge on any atom is -0.490 e. The number of rotatable bonds is 7. The van der Waals surface area contributed by atoms with Crippen molar-refractivity contribution in [2.45, 2.75) is 39.2 Å². The van der Waals surface area contributed by atoms with E-state index in [1.165, 1.54) is 5.56 Å². The van der Waals surface area contributed by atoms with Gasteiger partial charge in [-0.15, -0.1) is 0 Å². The maximum absolute atomic E-state index is 5.76. The molecule has 0 saturated carbocycles. The normalized spacial score (nSPS) is 10.9. The number of aromatic nitrogens is 3. The third kappa shape index (κ3) is 4.49. The van der Waals surface area contributed by atoms with Crippen molar-refractivity contribution in [2.24, 2.45) is 5.73 Å². The third-order valence-electron chi connectivity index (χ3n) is 3.17. The largest absolute Gasteiger partial charge is 0.490 e. The Morgan fingerprint density at radius 2 is 2.00 bits per heavy atom. The highest BCUT2D eigenvalue weighted by molar-refractivity contribution is 5.25. The molecular formula is C16H22N4O. The average molecular weight is 286 g/mol. The van der Waals surface area contributed by atoms with Gasteiger partial charge in [-0.1, -0.05) is 13.8 Å². The van der Waals surface area contributed by atoms with Gasteiger partial charge in [0.2, 0.25) is 0 Å². The third-order valence-corrected chi connectivity index (χ3v) is 3.17. The second-order valence-electron chi connectivity index (χ2n) is 5.21. The monoisotopic (exact) mass is 286 g/mol. The Balaban J connectivity index is 1.88. The summed E-state index contributed by atoms with van der Waals surface area (Å²) < 4.78 is 5.76. The van der Waals surface area contributed by atoms with E-state index in [0.29, 0.717) is 18.9 Å². The van der Waals surface area contributed by atoms with E-state index in [2.05, 4.69) is 28.8 Å². The van der Waals surface area contributed by atoms with Gasteiger partial charge >= 0.3 is 0 Å². The second kappa shape index (κ2) is 7.69. The van der Waals surface area contributed by atoms with Crippen molar-refractivity contribution in [1.82, 2.24) is 15.0 Å². The summed E-state index contributed by atoms with van der Waals surface area (Å²) in [5.41, 5.74) is 7.78. The van der Waals surface area contributed by atoms with Crippen molar-refractivity contribution < 1.29 is 4.74 Å². The highest BCUT2D eigenvalue weighted by Gasteiger charge is 2.09. The molecule has 0 atom stereocenters. The van der Waals surface area contributed by atoms with Crippen LogP contribution in [0.25, 0.3) is 0 Å². The minimum absolute atomic E-state index is 0.288. The second-order valence-corrected chi connectivity index (χ2v) is 5.21. The van der Waals surface area contributed by atoms with E-state index in [0.717, 1.165) is 24.4 Å². The summed E-state index contributed by atoms with van der Waals surface area (Å²) in [5, 5.41) is 0. The lowest BCUT2D eigenvalue weighted by molar-refractivity contribution is 0.304. The maximum Gasteiger partial charge on any atom is 0.160 e. The standard InChI is InChI=1S/C16H22N4O/c1-12(2)16-19-11-15(14(10-17)20-16)21-9-3-4-13-5-7-18-8-6-13/h5-8,11-12H,3-4,9-10,17H2,1-2H3. The summed E-state index contributed by atoms with van der Waals surface area (Å²) >= 11 is 0. The summed E-state index contributed by atoms with van der Waals surface area (Å²) in [7, 11) is 0. The van der Waals surface area contributed by atoms with Crippen LogP contribution in [-0.2, 0) is 13.0 Å². The molecule has 2 rings (SSSR count). The topological polar surface area (TPSA) is 73.9 Å². The number of hydrogen-bond donors (Lipinski definition) is 1. The van der Waals surface area contributed by atoms with Crippen molar-refractivity contribution in [1.29, 1.82) is 0 Å². The quantitative estimate of drug-likeness (QED) is 0.791. The molecule has 0 saturated heterocycles. The van der Waals surface area contributed by atoms with Crippen molar-refractivity contribution in [3.8, 4) is 5.75 Å². The van der Waals surface area contributed by atoms with Crippen LogP contribution < -0.4 is 10.5 Å². The molecule has 0 aromatic carbocycles. The predicted molar refractivity (Wildman–Crippen MR) is 82.1 cm³/mol. The van der Waals surface area contributed by atoms with E-state index in [4.69, 9.17) is 10.5 Å². The predicted octanol–water partition coefficient (Wildman–Crippen LogP) is 2.47. The van der Waals surface area contributed by atoms with Gasteiger partial charge in [0.1, 0.15) is 5.82 Å². The van der Waals surface area contributed by atoms with E-state index in [1.54, 1.807) is 18.6 Å². The first-order chi connectivity index (χ1) is 10.2. The van der Waals surface area contributed by atoms with Gasteiger partial charge in [0.15, 0.2) is 5.75 Å². The van der Waals surface area contributed by atoms with Gasteiger partial charge < -0.3 is 10.5 Å². The van der Waals surface area contributed by atoms with Crippen LogP contribution in [0, 0.1) is 0 Å². The van der Waals surface area contributed by atoms with Gasteiger partial charge in [-0.3, -0.25) is 4.98 Å². The fourth-order valence-electron chi connectivity index (χ4n) is 1.97. The summed E-state index contributed by atoms with van der Waals surface area (Å²) in [6.45, 7) is 5.11. The molecule has 0 fully saturated rings. The van der Waals surface area contributed by atoms with Crippen LogP contribution in [0.1, 0.15) is 43.3 Å². The lowest BCUT2D eigenvalue weighted by Crippen LogP contribution is -2.10. The van der Waals surface area contributed by atoms with Gasteiger partial charge in [0, 0.05) is 24.9 Å². The summed E-state index contributed by atoms with van der Waals surface area (Å²) in [6, 6.07) is 4.04. The van der Waals surface area contributed by atoms with Gasteiger partial charge in [0.25, 0.3) is 0 Å². The van der Waals surface area contributed by atoms with Crippen molar-refractivity contribution in [3.63, 3.8) is 0 Å². The van der Waals surface area contributed by atoms with E-state index < -0.39 is 0 Å². The number of nitrogens with two attached hydrogens (primary N) is 1. The molecule has 2 heterocycles. The zero-order valence-corrected chi connectivity index (χ0v) is 12.6. The number of ether oxygens (including phenoxy) is 1. The molecule has 0 radical (unpaired) electrons. The first-order valence-corrected chi connectivity index (χ1v) is 7.28. The fraction of sp³-hybridized carbons (Fsp3) is 0.438. The molecule has 0 bridgehead atoms. The molecule has 0 amide bonds. The number of nitrogens with zero attached hydrogens (tertiary/aromatic N) is 3. The zero-order chi connectivity index (χ0) is 15.1. The van der Waals surface area contributed by atoms with Crippen LogP contribution in [-0.4, -0.2) is 21.6 Å². The number of pyridine rings is 1. The molecule has 112 valence electrons. The molecule has 0 aliphatic rings. The van der Waals surface area contributed by atoms with Gasteiger partial charge in [-0.25, -0.2) is 9.97 Å². The van der Waals surface area contributed by atoms with Gasteiger partial charge in [0.05, 0.1) is 18.5 Å². The Bertz CT molecular complexity index is 557. The first-order valence-electron chi connectivity index (χ1n) is 7.28. The Labute approximate surface area is 125 Å². The maximum atomic E-state index is 5.76. The summed E-state index contributed by atoms with van der Waals surface area (Å²) in [6.07, 6.45) is 7.24. The Hall–Kier alpha value is -2.01. The Morgan fingerprint density at radius 1 is 1.24 bits per heavy atom. The minimum atomic E-state index is 0.288. The van der Waals surface area contributed by atoms with Crippen LogP contribution in [0.2, 0.25) is 0 Å². The smallest absolute Gasteiger partial charge is 0.160 e. The van der Waals surface area contributed by atoms with Crippen LogP contribution in [0.4, 0.5) is 0 Å². The Morgan fingerprint density at radius 3 is 2.67 bits per heavy atom. The molecule has 21 heavy (non-hydrogen) atoms. The molecule has 2 aromatic heterocycles. The van der Waals surface area contributed by atoms with Crippen LogP contribution >= 0.6 is 0 Å². The highest BCUT2D eigenvalue weighted by Crippen LogP contribution is 2.18. The van der Waals surface area contributed by atoms with E-state index in [-0.39, 0.29) is 5.92 Å². The molecule has 2 aromatic rings. The van der Waals surface area contributed by atoms with E-state index in [1.807, 2.05) is 12.1 Å². The van der Waals surface area contributed by atoms with Crippen LogP contribution in [0.15, 0.2) is 30.7 Å². The van der Waals surface area contributed by atoms with E-state index >= 15 is 0 Å². The lowest BCUT2D eigenvalue weighted by Gasteiger charge is -2.11. The molecule has 0 aliphatic heterocycles. The van der Waals surface area contributed by atoms with Crippen LogP contribution in [0.3, 0.4) is 0 Å². The van der Waals surface area contributed by atoms with Crippen molar-refractivity contribution >= 4 is 0 Å². The Kier molecular flexibility index (Phi) is 5.63. The van der Waals surface area contributed by atoms with Gasteiger partial charge in [-0.2, -0.15) is 0 Å².